The van der Waals surface area contributed by atoms with Gasteiger partial charge < -0.3 is 10.1 Å². The van der Waals surface area contributed by atoms with E-state index >= 15 is 0 Å². The Hall–Kier alpha value is -3.93. The van der Waals surface area contributed by atoms with Crippen LogP contribution in [0.4, 0.5) is 16.2 Å². The van der Waals surface area contributed by atoms with E-state index in [2.05, 4.69) is 5.32 Å². The number of carbonyl (C=O) groups excluding carboxylic acids is 3. The molecule has 0 saturated heterocycles. The number of nitrogens with zero attached hydrogens (tertiary/aromatic N) is 1. The normalized spacial score (nSPS) is 11.5. The van der Waals surface area contributed by atoms with E-state index in [1.165, 1.54) is 4.90 Å². The van der Waals surface area contributed by atoms with Crippen molar-refractivity contribution in [3.05, 3.63) is 83.4 Å². The molecule has 0 fully saturated rings. The Morgan fingerprint density at radius 2 is 1.57 bits per heavy atom. The van der Waals surface area contributed by atoms with E-state index in [0.717, 1.165) is 11.1 Å². The Bertz CT molecular complexity index is 1150. The number of benzene rings is 3. The highest BCUT2D eigenvalue weighted by Crippen LogP contribution is 2.36. The zero-order chi connectivity index (χ0) is 21.3. The minimum Gasteiger partial charge on any atom is -0.449 e. The fraction of sp³-hybridized carbons (Fsp3) is 0.125. The zero-order valence-corrected chi connectivity index (χ0v) is 16.6. The third-order valence-electron chi connectivity index (χ3n) is 5.04. The number of fused-ring (bicyclic) bond motifs is 3. The maximum atomic E-state index is 12.7. The van der Waals surface area contributed by atoms with Gasteiger partial charge >= 0.3 is 6.09 Å². The molecule has 0 bridgehead atoms. The van der Waals surface area contributed by atoms with Crippen molar-refractivity contribution in [3.8, 4) is 11.1 Å². The van der Waals surface area contributed by atoms with E-state index in [-0.39, 0.29) is 11.7 Å². The third kappa shape index (κ3) is 3.43. The average Bonchev–Trinajstić information content (AvgIpc) is 3.06. The van der Waals surface area contributed by atoms with Crippen LogP contribution in [0, 0.1) is 0 Å². The van der Waals surface area contributed by atoms with Crippen molar-refractivity contribution >= 4 is 29.2 Å². The summed E-state index contributed by atoms with van der Waals surface area (Å²) >= 11 is 0. The van der Waals surface area contributed by atoms with E-state index in [4.69, 9.17) is 4.74 Å². The SMILES string of the molecule is CCOC(=O)N(C)c1ccc(NC(=O)c2ccc3c(c2)C(=O)c2ccccc2-3)cc1. The van der Waals surface area contributed by atoms with Crippen LogP contribution in [0.5, 0.6) is 0 Å². The first kappa shape index (κ1) is 19.4. The smallest absolute Gasteiger partial charge is 0.413 e. The van der Waals surface area contributed by atoms with Crippen LogP contribution in [0.15, 0.2) is 66.7 Å². The monoisotopic (exact) mass is 400 g/mol. The van der Waals surface area contributed by atoms with Crippen molar-refractivity contribution in [3.63, 3.8) is 0 Å². The summed E-state index contributed by atoms with van der Waals surface area (Å²) in [5.41, 5.74) is 4.57. The molecule has 0 aliphatic heterocycles. The molecule has 0 unspecified atom stereocenters. The summed E-state index contributed by atoms with van der Waals surface area (Å²) in [4.78, 5) is 38.5. The van der Waals surface area contributed by atoms with Crippen molar-refractivity contribution < 1.29 is 19.1 Å². The summed E-state index contributed by atoms with van der Waals surface area (Å²) in [7, 11) is 1.62. The number of hydrogen-bond acceptors (Lipinski definition) is 4. The maximum Gasteiger partial charge on any atom is 0.413 e. The Balaban J connectivity index is 1.50. The van der Waals surface area contributed by atoms with E-state index in [1.54, 1.807) is 56.4 Å². The largest absolute Gasteiger partial charge is 0.449 e. The maximum absolute atomic E-state index is 12.7. The first-order chi connectivity index (χ1) is 14.5. The van der Waals surface area contributed by atoms with Crippen molar-refractivity contribution in [2.45, 2.75) is 6.92 Å². The van der Waals surface area contributed by atoms with Crippen molar-refractivity contribution in [2.24, 2.45) is 0 Å². The summed E-state index contributed by atoms with van der Waals surface area (Å²) < 4.78 is 4.97. The quantitative estimate of drug-likeness (QED) is 0.537. The van der Waals surface area contributed by atoms with E-state index in [1.807, 2.05) is 24.3 Å². The summed E-state index contributed by atoms with van der Waals surface area (Å²) in [6.45, 7) is 2.04. The molecule has 3 aromatic rings. The van der Waals surface area contributed by atoms with Gasteiger partial charge in [-0.1, -0.05) is 30.3 Å². The Morgan fingerprint density at radius 1 is 0.900 bits per heavy atom. The highest BCUT2D eigenvalue weighted by Gasteiger charge is 2.27. The van der Waals surface area contributed by atoms with Crippen molar-refractivity contribution in [1.29, 1.82) is 0 Å². The summed E-state index contributed by atoms with van der Waals surface area (Å²) in [6, 6.07) is 19.4. The lowest BCUT2D eigenvalue weighted by molar-refractivity contribution is 0.102. The van der Waals surface area contributed by atoms with Gasteiger partial charge in [-0.3, -0.25) is 14.5 Å². The molecular weight excluding hydrogens is 380 g/mol. The number of rotatable bonds is 4. The highest BCUT2D eigenvalue weighted by atomic mass is 16.6. The number of anilines is 2. The molecule has 0 radical (unpaired) electrons. The summed E-state index contributed by atoms with van der Waals surface area (Å²) in [5.74, 6) is -0.380. The Kier molecular flexibility index (Phi) is 5.06. The molecule has 0 saturated carbocycles. The summed E-state index contributed by atoms with van der Waals surface area (Å²) in [5, 5.41) is 2.82. The molecule has 30 heavy (non-hydrogen) atoms. The van der Waals surface area contributed by atoms with Crippen LogP contribution in [0.3, 0.4) is 0 Å². The fourth-order valence-electron chi connectivity index (χ4n) is 3.47. The second-order valence-electron chi connectivity index (χ2n) is 6.89. The molecular formula is C24H20N2O4. The third-order valence-corrected chi connectivity index (χ3v) is 5.04. The van der Waals surface area contributed by atoms with Crippen LogP contribution in [-0.4, -0.2) is 31.4 Å². The molecule has 6 nitrogen and oxygen atoms in total. The Morgan fingerprint density at radius 3 is 2.27 bits per heavy atom. The molecule has 4 rings (SSSR count). The van der Waals surface area contributed by atoms with Crippen LogP contribution in [0.25, 0.3) is 11.1 Å². The van der Waals surface area contributed by atoms with Gasteiger partial charge in [0, 0.05) is 35.1 Å². The van der Waals surface area contributed by atoms with Gasteiger partial charge in [-0.05, 0) is 54.4 Å². The molecule has 6 heteroatoms. The Labute approximate surface area is 174 Å². The van der Waals surface area contributed by atoms with E-state index in [9.17, 15) is 14.4 Å². The lowest BCUT2D eigenvalue weighted by Gasteiger charge is -2.17. The predicted molar refractivity (Wildman–Crippen MR) is 115 cm³/mol. The minimum absolute atomic E-state index is 0.0680. The number of nitrogens with one attached hydrogen (secondary N) is 1. The number of ketones is 1. The van der Waals surface area contributed by atoms with Crippen LogP contribution in [0.1, 0.15) is 33.2 Å². The van der Waals surface area contributed by atoms with Crippen LogP contribution in [0.2, 0.25) is 0 Å². The van der Waals surface area contributed by atoms with Crippen LogP contribution >= 0.6 is 0 Å². The highest BCUT2D eigenvalue weighted by molar-refractivity contribution is 6.22. The average molecular weight is 400 g/mol. The molecule has 2 amide bonds. The first-order valence-electron chi connectivity index (χ1n) is 9.59. The number of amides is 2. The van der Waals surface area contributed by atoms with Crippen molar-refractivity contribution in [2.75, 3.05) is 23.9 Å². The zero-order valence-electron chi connectivity index (χ0n) is 16.6. The van der Waals surface area contributed by atoms with Gasteiger partial charge in [-0.15, -0.1) is 0 Å². The van der Waals surface area contributed by atoms with Gasteiger partial charge in [0.2, 0.25) is 0 Å². The molecule has 0 spiro atoms. The molecule has 3 aromatic carbocycles. The number of carbonyl (C=O) groups is 3. The van der Waals surface area contributed by atoms with Gasteiger partial charge in [0.05, 0.1) is 6.61 Å². The molecule has 0 atom stereocenters. The number of hydrogen-bond donors (Lipinski definition) is 1. The molecule has 1 aliphatic carbocycles. The topological polar surface area (TPSA) is 75.7 Å². The van der Waals surface area contributed by atoms with Gasteiger partial charge in [-0.25, -0.2) is 4.79 Å². The minimum atomic E-state index is -0.446. The second kappa shape index (κ2) is 7.83. The lowest BCUT2D eigenvalue weighted by atomic mass is 10.0. The standard InChI is InChI=1S/C24H20N2O4/c1-3-30-24(29)26(2)17-11-9-16(10-12-17)25-23(28)15-8-13-19-18-6-4-5-7-20(18)22(27)21(19)14-15/h4-14H,3H2,1-2H3,(H,25,28). The van der Waals surface area contributed by atoms with E-state index in [0.29, 0.717) is 34.7 Å². The van der Waals surface area contributed by atoms with Gasteiger partial charge in [-0.2, -0.15) is 0 Å². The molecule has 0 aromatic heterocycles. The van der Waals surface area contributed by atoms with Gasteiger partial charge in [0.1, 0.15) is 0 Å². The van der Waals surface area contributed by atoms with Gasteiger partial charge in [0.15, 0.2) is 5.78 Å². The molecule has 150 valence electrons. The summed E-state index contributed by atoms with van der Waals surface area (Å²) in [6.07, 6.45) is -0.446. The van der Waals surface area contributed by atoms with Gasteiger partial charge in [0.25, 0.3) is 5.91 Å². The van der Waals surface area contributed by atoms with E-state index < -0.39 is 6.09 Å². The van der Waals surface area contributed by atoms with Crippen LogP contribution < -0.4 is 10.2 Å². The first-order valence-corrected chi connectivity index (χ1v) is 9.59. The molecule has 0 heterocycles. The van der Waals surface area contributed by atoms with Crippen molar-refractivity contribution in [1.82, 2.24) is 0 Å². The number of ether oxygens (including phenoxy) is 1. The molecule has 1 aliphatic rings. The second-order valence-corrected chi connectivity index (χ2v) is 6.89. The fourth-order valence-corrected chi connectivity index (χ4v) is 3.47. The van der Waals surface area contributed by atoms with Crippen LogP contribution in [-0.2, 0) is 4.74 Å². The lowest BCUT2D eigenvalue weighted by Crippen LogP contribution is -2.26. The molecule has 1 N–H and O–H groups in total. The predicted octanol–water partition coefficient (Wildman–Crippen LogP) is 4.74.